The van der Waals surface area contributed by atoms with Crippen LogP contribution in [0.15, 0.2) is 4.99 Å². The summed E-state index contributed by atoms with van der Waals surface area (Å²) >= 11 is 0. The molecule has 0 saturated carbocycles. The van der Waals surface area contributed by atoms with Gasteiger partial charge >= 0.3 is 0 Å². The highest BCUT2D eigenvalue weighted by Crippen LogP contribution is 2.12. The number of hydrogen-bond acceptors (Lipinski definition) is 4. The lowest BCUT2D eigenvalue weighted by Crippen LogP contribution is -2.50. The maximum Gasteiger partial charge on any atom is 0.251 e. The fourth-order valence-corrected chi connectivity index (χ4v) is 3.85. The number of halogens is 2. The standard InChI is InChI=1S/C15H31F2N5O2S/c1-5-18-14(19-11-15(2,3)21-25(4,23)24)20-12-6-8-22(9-7-12)10-13(16)17/h12-13,21H,5-11H2,1-4H3,(H2,18,19,20). The van der Waals surface area contributed by atoms with E-state index < -0.39 is 22.0 Å². The van der Waals surface area contributed by atoms with E-state index in [1.165, 1.54) is 0 Å². The van der Waals surface area contributed by atoms with Crippen molar-refractivity contribution in [1.29, 1.82) is 0 Å². The van der Waals surface area contributed by atoms with E-state index in [4.69, 9.17) is 0 Å². The third-order valence-corrected chi connectivity index (χ3v) is 4.69. The van der Waals surface area contributed by atoms with Gasteiger partial charge in [0.25, 0.3) is 6.43 Å². The smallest absolute Gasteiger partial charge is 0.251 e. The van der Waals surface area contributed by atoms with Crippen molar-refractivity contribution in [3.63, 3.8) is 0 Å². The minimum absolute atomic E-state index is 0.165. The van der Waals surface area contributed by atoms with Crippen molar-refractivity contribution in [1.82, 2.24) is 20.3 Å². The number of rotatable bonds is 8. The lowest BCUT2D eigenvalue weighted by Gasteiger charge is -2.33. The van der Waals surface area contributed by atoms with Gasteiger partial charge in [0, 0.05) is 31.2 Å². The number of nitrogens with zero attached hydrogens (tertiary/aromatic N) is 2. The van der Waals surface area contributed by atoms with Gasteiger partial charge in [-0.1, -0.05) is 0 Å². The van der Waals surface area contributed by atoms with Gasteiger partial charge in [0.15, 0.2) is 5.96 Å². The molecular formula is C15H31F2N5O2S. The van der Waals surface area contributed by atoms with Gasteiger partial charge in [-0.25, -0.2) is 21.9 Å². The highest BCUT2D eigenvalue weighted by molar-refractivity contribution is 7.88. The van der Waals surface area contributed by atoms with Crippen LogP contribution in [0.4, 0.5) is 8.78 Å². The van der Waals surface area contributed by atoms with E-state index in [1.54, 1.807) is 18.7 Å². The molecule has 0 bridgehead atoms. The minimum Gasteiger partial charge on any atom is -0.357 e. The molecule has 25 heavy (non-hydrogen) atoms. The number of nitrogens with one attached hydrogen (secondary N) is 3. The lowest BCUT2D eigenvalue weighted by molar-refractivity contribution is 0.0744. The van der Waals surface area contributed by atoms with Gasteiger partial charge in [-0.15, -0.1) is 0 Å². The number of guanidine groups is 1. The summed E-state index contributed by atoms with van der Waals surface area (Å²) < 4.78 is 50.2. The molecule has 0 atom stereocenters. The van der Waals surface area contributed by atoms with Gasteiger partial charge in [-0.3, -0.25) is 9.89 Å². The number of aliphatic imine (C=N–C) groups is 1. The molecule has 7 nitrogen and oxygen atoms in total. The van der Waals surface area contributed by atoms with Crippen LogP contribution in [0.2, 0.25) is 0 Å². The molecule has 0 aromatic carbocycles. The van der Waals surface area contributed by atoms with E-state index in [9.17, 15) is 17.2 Å². The van der Waals surface area contributed by atoms with E-state index in [2.05, 4.69) is 20.3 Å². The molecule has 3 N–H and O–H groups in total. The Morgan fingerprint density at radius 1 is 1.32 bits per heavy atom. The van der Waals surface area contributed by atoms with Crippen LogP contribution in [-0.4, -0.2) is 76.3 Å². The third-order valence-electron chi connectivity index (χ3n) is 3.76. The van der Waals surface area contributed by atoms with Crippen LogP contribution in [0.3, 0.4) is 0 Å². The maximum absolute atomic E-state index is 12.4. The van der Waals surface area contributed by atoms with Gasteiger partial charge < -0.3 is 10.6 Å². The zero-order valence-corrected chi connectivity index (χ0v) is 16.3. The summed E-state index contributed by atoms with van der Waals surface area (Å²) in [4.78, 5) is 6.23. The molecule has 1 aliphatic heterocycles. The highest BCUT2D eigenvalue weighted by Gasteiger charge is 2.24. The van der Waals surface area contributed by atoms with E-state index in [1.807, 2.05) is 6.92 Å². The molecule has 0 amide bonds. The molecular weight excluding hydrogens is 352 g/mol. The largest absolute Gasteiger partial charge is 0.357 e. The summed E-state index contributed by atoms with van der Waals surface area (Å²) in [6.07, 6.45) is 0.354. The van der Waals surface area contributed by atoms with Crippen LogP contribution in [0.5, 0.6) is 0 Å². The van der Waals surface area contributed by atoms with Crippen LogP contribution in [0, 0.1) is 0 Å². The van der Waals surface area contributed by atoms with Crippen LogP contribution in [-0.2, 0) is 10.0 Å². The molecule has 0 radical (unpaired) electrons. The molecule has 0 aromatic heterocycles. The Morgan fingerprint density at radius 2 is 1.92 bits per heavy atom. The second kappa shape index (κ2) is 9.63. The Bertz CT molecular complexity index is 532. The molecule has 1 saturated heterocycles. The van der Waals surface area contributed by atoms with Crippen LogP contribution in [0.25, 0.3) is 0 Å². The summed E-state index contributed by atoms with van der Waals surface area (Å²) in [6, 6.07) is 0.165. The van der Waals surface area contributed by atoms with E-state index in [-0.39, 0.29) is 19.1 Å². The minimum atomic E-state index is -3.31. The Hall–Kier alpha value is -1.00. The summed E-state index contributed by atoms with van der Waals surface area (Å²) in [6.45, 7) is 7.52. The van der Waals surface area contributed by atoms with Gasteiger partial charge in [0.05, 0.1) is 19.3 Å². The van der Waals surface area contributed by atoms with Crippen molar-refractivity contribution in [3.8, 4) is 0 Å². The second-order valence-electron chi connectivity index (χ2n) is 7.06. The third kappa shape index (κ3) is 9.91. The predicted molar refractivity (Wildman–Crippen MR) is 96.6 cm³/mol. The van der Waals surface area contributed by atoms with E-state index >= 15 is 0 Å². The average molecular weight is 384 g/mol. The van der Waals surface area contributed by atoms with Gasteiger partial charge in [-0.05, 0) is 33.6 Å². The number of sulfonamides is 1. The molecule has 1 rings (SSSR count). The molecule has 0 unspecified atom stereocenters. The van der Waals surface area contributed by atoms with Gasteiger partial charge in [-0.2, -0.15) is 0 Å². The Kier molecular flexibility index (Phi) is 8.49. The van der Waals surface area contributed by atoms with Crippen molar-refractivity contribution >= 4 is 16.0 Å². The summed E-state index contributed by atoms with van der Waals surface area (Å²) in [5.74, 6) is 0.609. The molecule has 0 aliphatic carbocycles. The average Bonchev–Trinajstić information content (AvgIpc) is 2.44. The number of alkyl halides is 2. The van der Waals surface area contributed by atoms with Gasteiger partial charge in [0.2, 0.25) is 10.0 Å². The lowest BCUT2D eigenvalue weighted by atomic mass is 10.1. The molecule has 1 heterocycles. The first-order chi connectivity index (χ1) is 11.5. The Morgan fingerprint density at radius 3 is 2.40 bits per heavy atom. The molecule has 10 heteroatoms. The van der Waals surface area contributed by atoms with E-state index in [0.717, 1.165) is 19.1 Å². The zero-order chi connectivity index (χ0) is 19.1. The van der Waals surface area contributed by atoms with Crippen LogP contribution >= 0.6 is 0 Å². The zero-order valence-electron chi connectivity index (χ0n) is 15.5. The first-order valence-electron chi connectivity index (χ1n) is 8.55. The normalized spacial score (nSPS) is 18.6. The van der Waals surface area contributed by atoms with Crippen LogP contribution in [0.1, 0.15) is 33.6 Å². The first kappa shape index (κ1) is 22.0. The number of likely N-dealkylation sites (tertiary alicyclic amines) is 1. The van der Waals surface area contributed by atoms with Crippen molar-refractivity contribution in [2.45, 2.75) is 51.6 Å². The fraction of sp³-hybridized carbons (Fsp3) is 0.933. The van der Waals surface area contributed by atoms with Crippen molar-refractivity contribution in [2.75, 3.05) is 39.0 Å². The van der Waals surface area contributed by atoms with Gasteiger partial charge in [0.1, 0.15) is 0 Å². The molecule has 1 fully saturated rings. The molecule has 0 spiro atoms. The first-order valence-corrected chi connectivity index (χ1v) is 10.4. The quantitative estimate of drug-likeness (QED) is 0.422. The van der Waals surface area contributed by atoms with Crippen molar-refractivity contribution < 1.29 is 17.2 Å². The van der Waals surface area contributed by atoms with Crippen molar-refractivity contribution in [3.05, 3.63) is 0 Å². The topological polar surface area (TPSA) is 85.8 Å². The second-order valence-corrected chi connectivity index (χ2v) is 8.81. The van der Waals surface area contributed by atoms with Crippen LogP contribution < -0.4 is 15.4 Å². The Balaban J connectivity index is 2.57. The van der Waals surface area contributed by atoms with E-state index in [0.29, 0.717) is 25.6 Å². The Labute approximate surface area is 149 Å². The predicted octanol–water partition coefficient (Wildman–Crippen LogP) is 0.599. The highest BCUT2D eigenvalue weighted by atomic mass is 32.2. The number of hydrogen-bond donors (Lipinski definition) is 3. The molecule has 148 valence electrons. The summed E-state index contributed by atoms with van der Waals surface area (Å²) in [7, 11) is -3.31. The van der Waals surface area contributed by atoms with Crippen molar-refractivity contribution in [2.24, 2.45) is 4.99 Å². The molecule has 0 aromatic rings. The molecule has 1 aliphatic rings. The fourth-order valence-electron chi connectivity index (χ4n) is 2.78. The SMILES string of the molecule is CCNC(=NCC(C)(C)NS(C)(=O)=O)NC1CCN(CC(F)F)CC1. The maximum atomic E-state index is 12.4. The summed E-state index contributed by atoms with van der Waals surface area (Å²) in [5.41, 5.74) is -0.698. The summed E-state index contributed by atoms with van der Waals surface area (Å²) in [5, 5.41) is 6.45. The monoisotopic (exact) mass is 383 g/mol. The number of piperidine rings is 1.